The number of rotatable bonds is 4. The first-order chi connectivity index (χ1) is 10.8. The van der Waals surface area contributed by atoms with Crippen LogP contribution in [0.2, 0.25) is 0 Å². The van der Waals surface area contributed by atoms with Gasteiger partial charge in [-0.3, -0.25) is 0 Å². The number of fused-ring (bicyclic) bond motifs is 1. The SMILES string of the molecule is CNC[C@@H]1Oc2cc(Br)ccc2S(=O)(=O)N([C@H](C)CO)C[C@@H]1C. The summed E-state index contributed by atoms with van der Waals surface area (Å²) in [5, 5.41) is 12.6. The normalized spacial score (nSPS) is 25.8. The minimum atomic E-state index is -3.73. The molecule has 0 aromatic heterocycles. The number of ether oxygens (including phenoxy) is 1. The van der Waals surface area contributed by atoms with Gasteiger partial charge >= 0.3 is 0 Å². The van der Waals surface area contributed by atoms with E-state index >= 15 is 0 Å². The molecule has 1 heterocycles. The van der Waals surface area contributed by atoms with Crippen molar-refractivity contribution in [2.45, 2.75) is 30.9 Å². The predicted molar refractivity (Wildman–Crippen MR) is 92.1 cm³/mol. The molecular formula is C15H23BrN2O4S. The van der Waals surface area contributed by atoms with E-state index in [1.54, 1.807) is 19.1 Å². The predicted octanol–water partition coefficient (Wildman–Crippen LogP) is 1.44. The van der Waals surface area contributed by atoms with E-state index in [0.29, 0.717) is 18.8 Å². The maximum absolute atomic E-state index is 13.0. The highest BCUT2D eigenvalue weighted by atomic mass is 79.9. The van der Waals surface area contributed by atoms with E-state index in [1.807, 2.05) is 14.0 Å². The van der Waals surface area contributed by atoms with Crippen molar-refractivity contribution < 1.29 is 18.3 Å². The summed E-state index contributed by atoms with van der Waals surface area (Å²) in [4.78, 5) is 0.133. The van der Waals surface area contributed by atoms with Crippen molar-refractivity contribution in [3.05, 3.63) is 22.7 Å². The number of nitrogens with zero attached hydrogens (tertiary/aromatic N) is 1. The molecule has 6 nitrogen and oxygen atoms in total. The lowest BCUT2D eigenvalue weighted by Crippen LogP contribution is -2.49. The van der Waals surface area contributed by atoms with Crippen LogP contribution < -0.4 is 10.1 Å². The fourth-order valence-corrected chi connectivity index (χ4v) is 4.81. The van der Waals surface area contributed by atoms with E-state index < -0.39 is 16.1 Å². The lowest BCUT2D eigenvalue weighted by Gasteiger charge is -2.36. The number of nitrogens with one attached hydrogen (secondary N) is 1. The van der Waals surface area contributed by atoms with Crippen molar-refractivity contribution in [3.63, 3.8) is 0 Å². The summed E-state index contributed by atoms with van der Waals surface area (Å²) in [6, 6.07) is 4.40. The van der Waals surface area contributed by atoms with Gasteiger partial charge in [0.1, 0.15) is 16.7 Å². The van der Waals surface area contributed by atoms with Crippen molar-refractivity contribution in [3.8, 4) is 5.75 Å². The van der Waals surface area contributed by atoms with Crippen molar-refractivity contribution in [1.82, 2.24) is 9.62 Å². The Morgan fingerprint density at radius 1 is 1.52 bits per heavy atom. The lowest BCUT2D eigenvalue weighted by atomic mass is 10.0. The first-order valence-electron chi connectivity index (χ1n) is 7.54. The molecule has 3 atom stereocenters. The molecule has 0 fully saturated rings. The molecule has 23 heavy (non-hydrogen) atoms. The second-order valence-corrected chi connectivity index (χ2v) is 8.66. The van der Waals surface area contributed by atoms with E-state index in [2.05, 4.69) is 21.2 Å². The highest BCUT2D eigenvalue weighted by Gasteiger charge is 2.37. The molecule has 0 spiro atoms. The quantitative estimate of drug-likeness (QED) is 0.790. The second-order valence-electron chi connectivity index (χ2n) is 5.89. The zero-order valence-electron chi connectivity index (χ0n) is 13.5. The van der Waals surface area contributed by atoms with Crippen LogP contribution >= 0.6 is 15.9 Å². The van der Waals surface area contributed by atoms with Crippen molar-refractivity contribution in [2.75, 3.05) is 26.7 Å². The second kappa shape index (κ2) is 7.48. The molecule has 0 saturated heterocycles. The fraction of sp³-hybridized carbons (Fsp3) is 0.600. The highest BCUT2D eigenvalue weighted by Crippen LogP contribution is 2.34. The van der Waals surface area contributed by atoms with Crippen molar-refractivity contribution in [1.29, 1.82) is 0 Å². The molecule has 130 valence electrons. The summed E-state index contributed by atoms with van der Waals surface area (Å²) in [7, 11) is -1.90. The number of likely N-dealkylation sites (N-methyl/N-ethyl adjacent to an activating group) is 1. The zero-order chi connectivity index (χ0) is 17.2. The van der Waals surface area contributed by atoms with Crippen LogP contribution in [0.15, 0.2) is 27.6 Å². The van der Waals surface area contributed by atoms with E-state index in [1.165, 1.54) is 10.4 Å². The first-order valence-corrected chi connectivity index (χ1v) is 9.78. The molecular weight excluding hydrogens is 384 g/mol. The summed E-state index contributed by atoms with van der Waals surface area (Å²) >= 11 is 3.36. The van der Waals surface area contributed by atoms with Gasteiger partial charge in [-0.2, -0.15) is 4.31 Å². The van der Waals surface area contributed by atoms with Gasteiger partial charge in [0, 0.05) is 29.5 Å². The molecule has 0 bridgehead atoms. The topological polar surface area (TPSA) is 78.9 Å². The Kier molecular flexibility index (Phi) is 6.07. The third kappa shape index (κ3) is 3.88. The molecule has 0 radical (unpaired) electrons. The summed E-state index contributed by atoms with van der Waals surface area (Å²) in [5.41, 5.74) is 0. The summed E-state index contributed by atoms with van der Waals surface area (Å²) in [6.45, 7) is 4.34. The molecule has 1 aliphatic rings. The molecule has 1 aromatic carbocycles. The number of aliphatic hydroxyl groups excluding tert-OH is 1. The van der Waals surface area contributed by atoms with Crippen LogP contribution in [-0.2, 0) is 10.0 Å². The summed E-state index contributed by atoms with van der Waals surface area (Å²) < 4.78 is 34.1. The largest absolute Gasteiger partial charge is 0.487 e. The number of sulfonamides is 1. The van der Waals surface area contributed by atoms with Crippen LogP contribution in [0.1, 0.15) is 13.8 Å². The Balaban J connectivity index is 2.58. The number of benzene rings is 1. The van der Waals surface area contributed by atoms with Gasteiger partial charge < -0.3 is 15.2 Å². The average molecular weight is 407 g/mol. The van der Waals surface area contributed by atoms with Crippen LogP contribution in [0.3, 0.4) is 0 Å². The fourth-order valence-electron chi connectivity index (χ4n) is 2.64. The summed E-state index contributed by atoms with van der Waals surface area (Å²) in [5.74, 6) is 0.305. The Morgan fingerprint density at radius 2 is 2.22 bits per heavy atom. The molecule has 2 N–H and O–H groups in total. The average Bonchev–Trinajstić information content (AvgIpc) is 2.50. The van der Waals surface area contributed by atoms with Crippen molar-refractivity contribution in [2.24, 2.45) is 5.92 Å². The van der Waals surface area contributed by atoms with Gasteiger partial charge in [-0.15, -0.1) is 0 Å². The highest BCUT2D eigenvalue weighted by molar-refractivity contribution is 9.10. The van der Waals surface area contributed by atoms with Gasteiger partial charge in [0.15, 0.2) is 0 Å². The maximum atomic E-state index is 13.0. The third-order valence-electron chi connectivity index (χ3n) is 4.03. The number of aliphatic hydroxyl groups is 1. The molecule has 0 amide bonds. The van der Waals surface area contributed by atoms with Gasteiger partial charge in [0.2, 0.25) is 10.0 Å². The molecule has 0 aliphatic carbocycles. The maximum Gasteiger partial charge on any atom is 0.247 e. The monoisotopic (exact) mass is 406 g/mol. The molecule has 2 rings (SSSR count). The molecule has 1 aliphatic heterocycles. The van der Waals surface area contributed by atoms with Crippen LogP contribution in [0, 0.1) is 5.92 Å². The lowest BCUT2D eigenvalue weighted by molar-refractivity contribution is 0.103. The van der Waals surface area contributed by atoms with Gasteiger partial charge in [0.05, 0.1) is 6.61 Å². The Labute approximate surface area is 146 Å². The van der Waals surface area contributed by atoms with Crippen LogP contribution in [0.4, 0.5) is 0 Å². The van der Waals surface area contributed by atoms with Gasteiger partial charge in [-0.1, -0.05) is 22.9 Å². The van der Waals surface area contributed by atoms with Crippen LogP contribution in [0.5, 0.6) is 5.75 Å². The molecule has 0 saturated carbocycles. The van der Waals surface area contributed by atoms with Gasteiger partial charge in [-0.25, -0.2) is 8.42 Å². The van der Waals surface area contributed by atoms with E-state index in [0.717, 1.165) is 4.47 Å². The van der Waals surface area contributed by atoms with Crippen LogP contribution in [-0.4, -0.2) is 56.7 Å². The first kappa shape index (κ1) is 18.7. The number of halogens is 1. The molecule has 8 heteroatoms. The minimum Gasteiger partial charge on any atom is -0.487 e. The Morgan fingerprint density at radius 3 is 2.83 bits per heavy atom. The third-order valence-corrected chi connectivity index (χ3v) is 6.55. The zero-order valence-corrected chi connectivity index (χ0v) is 15.9. The minimum absolute atomic E-state index is 0.0293. The number of hydrogen-bond donors (Lipinski definition) is 2. The van der Waals surface area contributed by atoms with Crippen LogP contribution in [0.25, 0.3) is 0 Å². The van der Waals surface area contributed by atoms with E-state index in [9.17, 15) is 13.5 Å². The standard InChI is InChI=1S/C15H23BrN2O4S/c1-10-8-18(11(2)9-19)23(20,21)15-5-4-12(16)6-13(15)22-14(10)7-17-3/h4-6,10-11,14,17,19H,7-9H2,1-3H3/t10-,11+,14-/m0/s1. The van der Waals surface area contributed by atoms with E-state index in [4.69, 9.17) is 4.74 Å². The summed E-state index contributed by atoms with van der Waals surface area (Å²) in [6.07, 6.45) is -0.169. The van der Waals surface area contributed by atoms with Gasteiger partial charge in [-0.05, 0) is 32.2 Å². The molecule has 1 aromatic rings. The Hall–Kier alpha value is -0.670. The van der Waals surface area contributed by atoms with E-state index in [-0.39, 0.29) is 23.5 Å². The molecule has 0 unspecified atom stereocenters. The smallest absolute Gasteiger partial charge is 0.247 e. The number of hydrogen-bond acceptors (Lipinski definition) is 5. The van der Waals surface area contributed by atoms with Gasteiger partial charge in [0.25, 0.3) is 0 Å². The van der Waals surface area contributed by atoms with Crippen molar-refractivity contribution >= 4 is 26.0 Å². The Bertz CT molecular complexity index is 653.